The van der Waals surface area contributed by atoms with Crippen LogP contribution in [0.25, 0.3) is 11.5 Å². The normalized spacial score (nSPS) is 19.0. The highest BCUT2D eigenvalue weighted by atomic mass is 16.3. The van der Waals surface area contributed by atoms with E-state index in [1.807, 2.05) is 18.2 Å². The number of rotatable bonds is 2. The number of fused-ring (bicyclic) bond motifs is 1. The molecule has 5 nitrogen and oxygen atoms in total. The lowest BCUT2D eigenvalue weighted by molar-refractivity contribution is 0.199. The van der Waals surface area contributed by atoms with Crippen LogP contribution in [0.1, 0.15) is 12.2 Å². The Hall–Kier alpha value is -1.75. The molecule has 3 heterocycles. The van der Waals surface area contributed by atoms with Crippen molar-refractivity contribution in [3.63, 3.8) is 0 Å². The maximum atomic E-state index is 9.17. The van der Waals surface area contributed by atoms with Crippen LogP contribution in [-0.2, 0) is 13.0 Å². The average Bonchev–Trinajstić information content (AvgIpc) is 2.82. The first kappa shape index (κ1) is 10.4. The smallest absolute Gasteiger partial charge is 0.182 e. The van der Waals surface area contributed by atoms with E-state index in [4.69, 9.17) is 0 Å². The molecule has 0 saturated carbocycles. The number of hydrogen-bond acceptors (Lipinski definition) is 4. The minimum atomic E-state index is 0.228. The monoisotopic (exact) mass is 230 g/mol. The summed E-state index contributed by atoms with van der Waals surface area (Å²) in [6.45, 7) is 1.09. The molecule has 1 aliphatic rings. The molecular weight excluding hydrogens is 216 g/mol. The fourth-order valence-electron chi connectivity index (χ4n) is 2.23. The summed E-state index contributed by atoms with van der Waals surface area (Å²) < 4.78 is 2.11. The molecule has 1 unspecified atom stereocenters. The quantitative estimate of drug-likeness (QED) is 0.832. The lowest BCUT2D eigenvalue weighted by atomic mass is 9.99. The zero-order chi connectivity index (χ0) is 11.7. The van der Waals surface area contributed by atoms with E-state index >= 15 is 0 Å². The Bertz CT molecular complexity index is 508. The molecule has 0 aromatic carbocycles. The van der Waals surface area contributed by atoms with E-state index in [1.165, 1.54) is 0 Å². The first-order valence-corrected chi connectivity index (χ1v) is 5.83. The fourth-order valence-corrected chi connectivity index (χ4v) is 2.23. The van der Waals surface area contributed by atoms with E-state index < -0.39 is 0 Å². The minimum absolute atomic E-state index is 0.228. The molecule has 1 aliphatic heterocycles. The second-order valence-electron chi connectivity index (χ2n) is 4.35. The van der Waals surface area contributed by atoms with Crippen LogP contribution in [0.15, 0.2) is 24.4 Å². The van der Waals surface area contributed by atoms with Crippen molar-refractivity contribution in [2.24, 2.45) is 5.92 Å². The van der Waals surface area contributed by atoms with E-state index in [9.17, 15) is 5.11 Å². The van der Waals surface area contributed by atoms with Gasteiger partial charge in [-0.15, -0.1) is 10.2 Å². The number of aliphatic hydroxyl groups excluding tert-OH is 1. The Labute approximate surface area is 99.1 Å². The SMILES string of the molecule is OCC1CCn2c(nnc2-c2ccccn2)C1. The molecule has 0 bridgehead atoms. The molecule has 5 heteroatoms. The van der Waals surface area contributed by atoms with Crippen molar-refractivity contribution in [3.8, 4) is 11.5 Å². The predicted molar refractivity (Wildman–Crippen MR) is 62.1 cm³/mol. The molecular formula is C12H14N4O. The number of aliphatic hydroxyl groups is 1. The third-order valence-corrected chi connectivity index (χ3v) is 3.21. The van der Waals surface area contributed by atoms with Crippen LogP contribution < -0.4 is 0 Å². The van der Waals surface area contributed by atoms with Crippen molar-refractivity contribution in [2.75, 3.05) is 6.61 Å². The number of pyridine rings is 1. The Morgan fingerprint density at radius 2 is 2.29 bits per heavy atom. The molecule has 0 amide bonds. The van der Waals surface area contributed by atoms with Gasteiger partial charge < -0.3 is 9.67 Å². The molecule has 0 saturated heterocycles. The van der Waals surface area contributed by atoms with Crippen molar-refractivity contribution >= 4 is 0 Å². The Morgan fingerprint density at radius 3 is 3.06 bits per heavy atom. The molecule has 1 N–H and O–H groups in total. The zero-order valence-corrected chi connectivity index (χ0v) is 9.45. The van der Waals surface area contributed by atoms with Gasteiger partial charge in [0.1, 0.15) is 11.5 Å². The molecule has 0 spiro atoms. The largest absolute Gasteiger partial charge is 0.396 e. The molecule has 2 aromatic heterocycles. The van der Waals surface area contributed by atoms with Crippen molar-refractivity contribution < 1.29 is 5.11 Å². The van der Waals surface area contributed by atoms with Crippen LogP contribution in [0.2, 0.25) is 0 Å². The third-order valence-electron chi connectivity index (χ3n) is 3.21. The summed E-state index contributed by atoms with van der Waals surface area (Å²) in [5, 5.41) is 17.6. The van der Waals surface area contributed by atoms with Gasteiger partial charge in [-0.05, 0) is 24.5 Å². The summed E-state index contributed by atoms with van der Waals surface area (Å²) in [4.78, 5) is 4.30. The van der Waals surface area contributed by atoms with Gasteiger partial charge in [-0.1, -0.05) is 6.07 Å². The maximum Gasteiger partial charge on any atom is 0.182 e. The number of nitrogens with zero attached hydrogens (tertiary/aromatic N) is 4. The second-order valence-corrected chi connectivity index (χ2v) is 4.35. The summed E-state index contributed by atoms with van der Waals surface area (Å²) in [5.41, 5.74) is 0.855. The highest BCUT2D eigenvalue weighted by molar-refractivity contribution is 5.49. The lowest BCUT2D eigenvalue weighted by Gasteiger charge is -2.21. The van der Waals surface area contributed by atoms with Crippen LogP contribution in [0, 0.1) is 5.92 Å². The summed E-state index contributed by atoms with van der Waals surface area (Å²) in [5.74, 6) is 2.11. The number of aromatic nitrogens is 4. The topological polar surface area (TPSA) is 63.8 Å². The highest BCUT2D eigenvalue weighted by Gasteiger charge is 2.23. The Kier molecular flexibility index (Phi) is 2.60. The average molecular weight is 230 g/mol. The third kappa shape index (κ3) is 1.82. The van der Waals surface area contributed by atoms with Gasteiger partial charge in [0.25, 0.3) is 0 Å². The van der Waals surface area contributed by atoms with Gasteiger partial charge in [0, 0.05) is 25.8 Å². The minimum Gasteiger partial charge on any atom is -0.396 e. The molecule has 3 rings (SSSR count). The molecule has 0 radical (unpaired) electrons. The van der Waals surface area contributed by atoms with Crippen LogP contribution in [0.3, 0.4) is 0 Å². The van der Waals surface area contributed by atoms with Crippen LogP contribution in [-0.4, -0.2) is 31.5 Å². The van der Waals surface area contributed by atoms with Crippen LogP contribution >= 0.6 is 0 Å². The van der Waals surface area contributed by atoms with Gasteiger partial charge in [-0.3, -0.25) is 4.98 Å². The Morgan fingerprint density at radius 1 is 1.35 bits per heavy atom. The molecule has 1 atom stereocenters. The molecule has 0 aliphatic carbocycles. The van der Waals surface area contributed by atoms with Gasteiger partial charge >= 0.3 is 0 Å². The molecule has 88 valence electrons. The van der Waals surface area contributed by atoms with E-state index in [0.29, 0.717) is 5.92 Å². The lowest BCUT2D eigenvalue weighted by Crippen LogP contribution is -2.22. The van der Waals surface area contributed by atoms with Crippen molar-refractivity contribution in [3.05, 3.63) is 30.2 Å². The highest BCUT2D eigenvalue weighted by Crippen LogP contribution is 2.23. The van der Waals surface area contributed by atoms with Crippen LogP contribution in [0.4, 0.5) is 0 Å². The van der Waals surface area contributed by atoms with E-state index in [2.05, 4.69) is 19.7 Å². The first-order chi connectivity index (χ1) is 8.38. The van der Waals surface area contributed by atoms with Gasteiger partial charge in [0.15, 0.2) is 5.82 Å². The predicted octanol–water partition coefficient (Wildman–Crippen LogP) is 0.895. The van der Waals surface area contributed by atoms with E-state index in [1.54, 1.807) is 6.20 Å². The fraction of sp³-hybridized carbons (Fsp3) is 0.417. The van der Waals surface area contributed by atoms with E-state index in [-0.39, 0.29) is 6.61 Å². The van der Waals surface area contributed by atoms with Crippen molar-refractivity contribution in [1.29, 1.82) is 0 Å². The first-order valence-electron chi connectivity index (χ1n) is 5.83. The van der Waals surface area contributed by atoms with Gasteiger partial charge in [-0.25, -0.2) is 0 Å². The summed E-state index contributed by atoms with van der Waals surface area (Å²) in [6.07, 6.45) is 3.54. The van der Waals surface area contributed by atoms with Crippen molar-refractivity contribution in [1.82, 2.24) is 19.7 Å². The summed E-state index contributed by atoms with van der Waals surface area (Å²) >= 11 is 0. The van der Waals surface area contributed by atoms with Crippen LogP contribution in [0.5, 0.6) is 0 Å². The maximum absolute atomic E-state index is 9.17. The summed E-state index contributed by atoms with van der Waals surface area (Å²) in [6, 6.07) is 5.78. The standard InChI is InChI=1S/C12H14N4O/c17-8-9-4-6-16-11(7-9)14-15-12(16)10-3-1-2-5-13-10/h1-3,5,9,17H,4,6-8H2. The zero-order valence-electron chi connectivity index (χ0n) is 9.45. The summed E-state index contributed by atoms with van der Waals surface area (Å²) in [7, 11) is 0. The molecule has 2 aromatic rings. The second kappa shape index (κ2) is 4.25. The van der Waals surface area contributed by atoms with Gasteiger partial charge in [0.2, 0.25) is 0 Å². The van der Waals surface area contributed by atoms with E-state index in [0.717, 1.165) is 36.7 Å². The molecule has 0 fully saturated rings. The van der Waals surface area contributed by atoms with Gasteiger partial charge in [-0.2, -0.15) is 0 Å². The Balaban J connectivity index is 1.97. The van der Waals surface area contributed by atoms with Crippen molar-refractivity contribution in [2.45, 2.75) is 19.4 Å². The van der Waals surface area contributed by atoms with Gasteiger partial charge in [0.05, 0.1) is 0 Å². The molecule has 17 heavy (non-hydrogen) atoms. The number of hydrogen-bond donors (Lipinski definition) is 1.